The third-order valence-corrected chi connectivity index (χ3v) is 6.71. The number of carbonyl (C=O) groups excluding carboxylic acids is 1. The third kappa shape index (κ3) is 3.08. The number of hydrogen-bond acceptors (Lipinski definition) is 5. The number of rotatable bonds is 4. The van der Waals surface area contributed by atoms with Gasteiger partial charge in [0.2, 0.25) is 5.91 Å². The lowest BCUT2D eigenvalue weighted by molar-refractivity contribution is -0.129. The molecule has 1 saturated heterocycles. The summed E-state index contributed by atoms with van der Waals surface area (Å²) in [6.45, 7) is 4.26. The molecule has 1 amide bonds. The van der Waals surface area contributed by atoms with Gasteiger partial charge in [0.25, 0.3) is 0 Å². The fourth-order valence-electron chi connectivity index (χ4n) is 3.03. The van der Waals surface area contributed by atoms with Gasteiger partial charge in [-0.2, -0.15) is 0 Å². The van der Waals surface area contributed by atoms with Gasteiger partial charge in [-0.25, -0.2) is 8.42 Å². The number of nitrogens with zero attached hydrogens (tertiary/aromatic N) is 2. The molecule has 0 aliphatic carbocycles. The Labute approximate surface area is 141 Å². The highest BCUT2D eigenvalue weighted by Crippen LogP contribution is 2.25. The summed E-state index contributed by atoms with van der Waals surface area (Å²) in [5, 5.41) is 3.30. The molecular weight excluding hydrogens is 328 g/mol. The fourth-order valence-corrected chi connectivity index (χ4v) is 4.74. The SMILES string of the molecule is Cc1noc(C)c1CC(=O)N1CCC(S(=O)(=O)c2ccccc2)C1. The smallest absolute Gasteiger partial charge is 0.227 e. The molecule has 0 N–H and O–H groups in total. The van der Waals surface area contributed by atoms with Crippen molar-refractivity contribution in [2.24, 2.45) is 0 Å². The van der Waals surface area contributed by atoms with E-state index in [-0.39, 0.29) is 18.9 Å². The topological polar surface area (TPSA) is 80.5 Å². The summed E-state index contributed by atoms with van der Waals surface area (Å²) >= 11 is 0. The molecule has 0 bridgehead atoms. The molecule has 1 aliphatic heterocycles. The van der Waals surface area contributed by atoms with Crippen molar-refractivity contribution in [2.45, 2.75) is 36.8 Å². The van der Waals surface area contributed by atoms with Crippen molar-refractivity contribution in [3.8, 4) is 0 Å². The van der Waals surface area contributed by atoms with Gasteiger partial charge < -0.3 is 9.42 Å². The summed E-state index contributed by atoms with van der Waals surface area (Å²) in [5.41, 5.74) is 1.49. The van der Waals surface area contributed by atoms with E-state index in [0.29, 0.717) is 29.3 Å². The number of sulfone groups is 1. The van der Waals surface area contributed by atoms with Gasteiger partial charge in [-0.3, -0.25) is 4.79 Å². The van der Waals surface area contributed by atoms with Crippen LogP contribution in [-0.4, -0.2) is 42.7 Å². The van der Waals surface area contributed by atoms with Crippen LogP contribution in [0.4, 0.5) is 0 Å². The van der Waals surface area contributed by atoms with Crippen molar-refractivity contribution >= 4 is 15.7 Å². The second-order valence-electron chi connectivity index (χ2n) is 6.09. The van der Waals surface area contributed by atoms with Gasteiger partial charge in [0.1, 0.15) is 5.76 Å². The fraction of sp³-hybridized carbons (Fsp3) is 0.412. The lowest BCUT2D eigenvalue weighted by Gasteiger charge is -2.17. The van der Waals surface area contributed by atoms with Crippen LogP contribution < -0.4 is 0 Å². The standard InChI is InChI=1S/C17H20N2O4S/c1-12-16(13(2)23-18-12)10-17(20)19-9-8-15(11-19)24(21,22)14-6-4-3-5-7-14/h3-7,15H,8-11H2,1-2H3. The van der Waals surface area contributed by atoms with E-state index >= 15 is 0 Å². The Morgan fingerprint density at radius 2 is 2.00 bits per heavy atom. The number of benzene rings is 1. The summed E-state index contributed by atoms with van der Waals surface area (Å²) in [5.74, 6) is 0.545. The van der Waals surface area contributed by atoms with Crippen molar-refractivity contribution in [3.05, 3.63) is 47.3 Å². The van der Waals surface area contributed by atoms with Crippen LogP contribution in [0.2, 0.25) is 0 Å². The summed E-state index contributed by atoms with van der Waals surface area (Å²) in [6.07, 6.45) is 0.657. The molecule has 0 spiro atoms. The van der Waals surface area contributed by atoms with Crippen molar-refractivity contribution in [2.75, 3.05) is 13.1 Å². The van der Waals surface area contributed by atoms with E-state index in [9.17, 15) is 13.2 Å². The van der Waals surface area contributed by atoms with E-state index in [0.717, 1.165) is 5.56 Å². The first-order valence-electron chi connectivity index (χ1n) is 7.88. The lowest BCUT2D eigenvalue weighted by atomic mass is 10.1. The van der Waals surface area contributed by atoms with Gasteiger partial charge in [0, 0.05) is 18.7 Å². The molecule has 1 unspecified atom stereocenters. The average Bonchev–Trinajstić information content (AvgIpc) is 3.19. The molecule has 24 heavy (non-hydrogen) atoms. The second-order valence-corrected chi connectivity index (χ2v) is 8.32. The molecule has 1 fully saturated rings. The van der Waals surface area contributed by atoms with Gasteiger partial charge >= 0.3 is 0 Å². The molecule has 2 heterocycles. The molecule has 1 atom stereocenters. The highest BCUT2D eigenvalue weighted by Gasteiger charge is 2.36. The number of carbonyl (C=O) groups is 1. The van der Waals surface area contributed by atoms with Crippen molar-refractivity contribution in [1.82, 2.24) is 10.1 Å². The van der Waals surface area contributed by atoms with Crippen molar-refractivity contribution < 1.29 is 17.7 Å². The monoisotopic (exact) mass is 348 g/mol. The maximum atomic E-state index is 12.7. The molecule has 6 nitrogen and oxygen atoms in total. The van der Waals surface area contributed by atoms with E-state index in [4.69, 9.17) is 4.52 Å². The number of hydrogen-bond donors (Lipinski definition) is 0. The van der Waals surface area contributed by atoms with Crippen LogP contribution in [0.3, 0.4) is 0 Å². The maximum absolute atomic E-state index is 12.7. The zero-order valence-electron chi connectivity index (χ0n) is 13.7. The van der Waals surface area contributed by atoms with E-state index in [2.05, 4.69) is 5.16 Å². The highest BCUT2D eigenvalue weighted by molar-refractivity contribution is 7.92. The summed E-state index contributed by atoms with van der Waals surface area (Å²) in [6, 6.07) is 8.41. The van der Waals surface area contributed by atoms with E-state index in [1.807, 2.05) is 0 Å². The molecule has 128 valence electrons. The first kappa shape index (κ1) is 16.7. The Kier molecular flexibility index (Phi) is 4.45. The molecule has 7 heteroatoms. The van der Waals surface area contributed by atoms with E-state index in [1.165, 1.54) is 0 Å². The van der Waals surface area contributed by atoms with Crippen LogP contribution >= 0.6 is 0 Å². The Balaban J connectivity index is 1.70. The van der Waals surface area contributed by atoms with Gasteiger partial charge in [-0.15, -0.1) is 0 Å². The predicted molar refractivity (Wildman–Crippen MR) is 88.3 cm³/mol. The van der Waals surface area contributed by atoms with Crippen LogP contribution in [0, 0.1) is 13.8 Å². The zero-order valence-corrected chi connectivity index (χ0v) is 14.5. The Morgan fingerprint density at radius 3 is 2.62 bits per heavy atom. The first-order valence-corrected chi connectivity index (χ1v) is 9.42. The van der Waals surface area contributed by atoms with Gasteiger partial charge in [0.05, 0.1) is 22.3 Å². The third-order valence-electron chi connectivity index (χ3n) is 4.52. The first-order chi connectivity index (χ1) is 11.4. The minimum absolute atomic E-state index is 0.0878. The minimum Gasteiger partial charge on any atom is -0.361 e. The summed E-state index contributed by atoms with van der Waals surface area (Å²) in [7, 11) is -3.41. The number of amides is 1. The van der Waals surface area contributed by atoms with Crippen molar-refractivity contribution in [1.29, 1.82) is 0 Å². The van der Waals surface area contributed by atoms with Crippen LogP contribution in [-0.2, 0) is 21.1 Å². The maximum Gasteiger partial charge on any atom is 0.227 e. The van der Waals surface area contributed by atoms with Crippen molar-refractivity contribution in [3.63, 3.8) is 0 Å². The van der Waals surface area contributed by atoms with Gasteiger partial charge in [-0.05, 0) is 32.4 Å². The highest BCUT2D eigenvalue weighted by atomic mass is 32.2. The van der Waals surface area contributed by atoms with Gasteiger partial charge in [0.15, 0.2) is 9.84 Å². The van der Waals surface area contributed by atoms with Crippen LogP contribution in [0.25, 0.3) is 0 Å². The lowest BCUT2D eigenvalue weighted by Crippen LogP contribution is -2.33. The Bertz CT molecular complexity index is 823. The average molecular weight is 348 g/mol. The van der Waals surface area contributed by atoms with E-state index in [1.54, 1.807) is 49.1 Å². The quantitative estimate of drug-likeness (QED) is 0.843. The molecule has 1 aliphatic rings. The summed E-state index contributed by atoms with van der Waals surface area (Å²) in [4.78, 5) is 14.4. The number of aryl methyl sites for hydroxylation is 2. The normalized spacial score (nSPS) is 18.1. The van der Waals surface area contributed by atoms with Gasteiger partial charge in [-0.1, -0.05) is 23.4 Å². The molecule has 0 saturated carbocycles. The molecule has 2 aromatic rings. The van der Waals surface area contributed by atoms with Crippen LogP contribution in [0.15, 0.2) is 39.8 Å². The molecule has 1 aromatic carbocycles. The molecule has 1 aromatic heterocycles. The minimum atomic E-state index is -3.41. The molecule has 3 rings (SSSR count). The predicted octanol–water partition coefficient (Wildman–Crippen LogP) is 1.91. The number of aromatic nitrogens is 1. The van der Waals surface area contributed by atoms with Crippen LogP contribution in [0.5, 0.6) is 0 Å². The largest absolute Gasteiger partial charge is 0.361 e. The summed E-state index contributed by atoms with van der Waals surface area (Å²) < 4.78 is 30.4. The van der Waals surface area contributed by atoms with Crippen LogP contribution in [0.1, 0.15) is 23.4 Å². The number of likely N-dealkylation sites (tertiary alicyclic amines) is 1. The Morgan fingerprint density at radius 1 is 1.29 bits per heavy atom. The zero-order chi connectivity index (χ0) is 17.3. The van der Waals surface area contributed by atoms with E-state index < -0.39 is 15.1 Å². The molecule has 0 radical (unpaired) electrons. The molecular formula is C17H20N2O4S. The Hall–Kier alpha value is -2.15. The second kappa shape index (κ2) is 6.39.